The Kier molecular flexibility index (Phi) is 3.78. The lowest BCUT2D eigenvalue weighted by atomic mass is 9.99. The molecule has 0 saturated heterocycles. The van der Waals surface area contributed by atoms with Gasteiger partial charge >= 0.3 is 0 Å². The van der Waals surface area contributed by atoms with Crippen LogP contribution in [-0.2, 0) is 6.54 Å². The van der Waals surface area contributed by atoms with Crippen molar-refractivity contribution in [1.29, 1.82) is 0 Å². The van der Waals surface area contributed by atoms with Crippen LogP contribution in [0.15, 0.2) is 12.1 Å². The topological polar surface area (TPSA) is 12.0 Å². The fourth-order valence-corrected chi connectivity index (χ4v) is 1.58. The van der Waals surface area contributed by atoms with Crippen molar-refractivity contribution in [3.8, 4) is 12.3 Å². The predicted octanol–water partition coefficient (Wildman–Crippen LogP) is 3.11. The Labute approximate surface area is 99.3 Å². The summed E-state index contributed by atoms with van der Waals surface area (Å²) in [6.45, 7) is 11.3. The normalized spacial score (nSPS) is 11.2. The molecule has 0 aliphatic carbocycles. The van der Waals surface area contributed by atoms with Crippen molar-refractivity contribution in [2.45, 2.75) is 46.7 Å². The number of aryl methyl sites for hydroxylation is 3. The highest BCUT2D eigenvalue weighted by atomic mass is 14.9. The van der Waals surface area contributed by atoms with Crippen molar-refractivity contribution in [2.24, 2.45) is 0 Å². The van der Waals surface area contributed by atoms with Gasteiger partial charge in [0.15, 0.2) is 0 Å². The first-order chi connectivity index (χ1) is 7.35. The highest BCUT2D eigenvalue weighted by molar-refractivity contribution is 5.36. The van der Waals surface area contributed by atoms with E-state index in [9.17, 15) is 0 Å². The summed E-state index contributed by atoms with van der Waals surface area (Å²) in [6.07, 6.45) is 5.45. The summed E-state index contributed by atoms with van der Waals surface area (Å²) < 4.78 is 0. The monoisotopic (exact) mass is 215 g/mol. The molecule has 0 amide bonds. The Morgan fingerprint density at radius 1 is 1.12 bits per heavy atom. The molecule has 0 radical (unpaired) electrons. The van der Waals surface area contributed by atoms with E-state index in [2.05, 4.69) is 44.1 Å². The van der Waals surface area contributed by atoms with Crippen LogP contribution in [0.3, 0.4) is 0 Å². The number of hydrogen-bond donors (Lipinski definition) is 1. The molecule has 0 heterocycles. The molecule has 0 saturated carbocycles. The standard InChI is InChI=1S/C15H21N/c1-7-15(5,6)16-10-14-9-12(3)11(2)8-13(14)4/h1,8-9,16H,10H2,2-6H3. The van der Waals surface area contributed by atoms with Gasteiger partial charge in [-0.05, 0) is 56.9 Å². The third-order valence-electron chi connectivity index (χ3n) is 3.03. The molecule has 86 valence electrons. The average molecular weight is 215 g/mol. The number of benzene rings is 1. The predicted molar refractivity (Wildman–Crippen MR) is 70.4 cm³/mol. The lowest BCUT2D eigenvalue weighted by Gasteiger charge is -2.21. The van der Waals surface area contributed by atoms with Gasteiger partial charge in [-0.25, -0.2) is 0 Å². The van der Waals surface area contributed by atoms with E-state index in [4.69, 9.17) is 6.42 Å². The molecule has 0 aliphatic rings. The maximum Gasteiger partial charge on any atom is 0.0743 e. The zero-order valence-electron chi connectivity index (χ0n) is 10.9. The van der Waals surface area contributed by atoms with Crippen molar-refractivity contribution in [3.63, 3.8) is 0 Å². The fraction of sp³-hybridized carbons (Fsp3) is 0.467. The second kappa shape index (κ2) is 4.72. The van der Waals surface area contributed by atoms with E-state index < -0.39 is 0 Å². The third kappa shape index (κ3) is 3.12. The van der Waals surface area contributed by atoms with Gasteiger partial charge in [-0.2, -0.15) is 0 Å². The molecule has 1 aromatic rings. The van der Waals surface area contributed by atoms with E-state index in [1.165, 1.54) is 22.3 Å². The first-order valence-electron chi connectivity index (χ1n) is 5.65. The van der Waals surface area contributed by atoms with Gasteiger partial charge < -0.3 is 0 Å². The van der Waals surface area contributed by atoms with E-state index in [0.29, 0.717) is 0 Å². The van der Waals surface area contributed by atoms with Gasteiger partial charge in [0.25, 0.3) is 0 Å². The van der Waals surface area contributed by atoms with Crippen LogP contribution < -0.4 is 5.32 Å². The molecular formula is C15H21N. The Morgan fingerprint density at radius 3 is 2.25 bits per heavy atom. The molecule has 0 aliphatic heterocycles. The summed E-state index contributed by atoms with van der Waals surface area (Å²) in [5.41, 5.74) is 5.08. The summed E-state index contributed by atoms with van der Waals surface area (Å²) in [4.78, 5) is 0. The van der Waals surface area contributed by atoms with Crippen LogP contribution in [0.1, 0.15) is 36.1 Å². The fourth-order valence-electron chi connectivity index (χ4n) is 1.58. The molecule has 16 heavy (non-hydrogen) atoms. The van der Waals surface area contributed by atoms with Crippen LogP contribution in [0.2, 0.25) is 0 Å². The zero-order chi connectivity index (χ0) is 12.3. The quantitative estimate of drug-likeness (QED) is 0.764. The molecule has 1 aromatic carbocycles. The van der Waals surface area contributed by atoms with E-state index >= 15 is 0 Å². The number of nitrogens with one attached hydrogen (secondary N) is 1. The van der Waals surface area contributed by atoms with Crippen molar-refractivity contribution in [3.05, 3.63) is 34.4 Å². The van der Waals surface area contributed by atoms with Gasteiger partial charge in [0.1, 0.15) is 0 Å². The maximum absolute atomic E-state index is 5.45. The van der Waals surface area contributed by atoms with Gasteiger partial charge in [-0.1, -0.05) is 18.1 Å². The highest BCUT2D eigenvalue weighted by Crippen LogP contribution is 2.16. The van der Waals surface area contributed by atoms with Gasteiger partial charge in [0, 0.05) is 6.54 Å². The molecule has 0 unspecified atom stereocenters. The Balaban J connectivity index is 2.84. The van der Waals surface area contributed by atoms with Crippen LogP contribution in [0.25, 0.3) is 0 Å². The van der Waals surface area contributed by atoms with Crippen LogP contribution >= 0.6 is 0 Å². The summed E-state index contributed by atoms with van der Waals surface area (Å²) >= 11 is 0. The van der Waals surface area contributed by atoms with Crippen molar-refractivity contribution in [1.82, 2.24) is 5.32 Å². The van der Waals surface area contributed by atoms with E-state index in [-0.39, 0.29) is 5.54 Å². The lowest BCUT2D eigenvalue weighted by Crippen LogP contribution is -2.37. The van der Waals surface area contributed by atoms with Crippen molar-refractivity contribution < 1.29 is 0 Å². The number of terminal acetylenes is 1. The zero-order valence-corrected chi connectivity index (χ0v) is 10.9. The minimum absolute atomic E-state index is 0.245. The molecular weight excluding hydrogens is 194 g/mol. The third-order valence-corrected chi connectivity index (χ3v) is 3.03. The molecule has 0 aromatic heterocycles. The Morgan fingerprint density at radius 2 is 1.69 bits per heavy atom. The smallest absolute Gasteiger partial charge is 0.0743 e. The van der Waals surface area contributed by atoms with E-state index in [0.717, 1.165) is 6.54 Å². The summed E-state index contributed by atoms with van der Waals surface area (Å²) in [5, 5.41) is 3.38. The molecule has 0 fully saturated rings. The van der Waals surface area contributed by atoms with Gasteiger partial charge in [-0.15, -0.1) is 6.42 Å². The molecule has 1 nitrogen and oxygen atoms in total. The maximum atomic E-state index is 5.45. The van der Waals surface area contributed by atoms with Gasteiger partial charge in [0.05, 0.1) is 5.54 Å². The van der Waals surface area contributed by atoms with Crippen LogP contribution in [0.4, 0.5) is 0 Å². The van der Waals surface area contributed by atoms with Gasteiger partial charge in [0.2, 0.25) is 0 Å². The second-order valence-corrected chi connectivity index (χ2v) is 4.99. The Hall–Kier alpha value is -1.26. The van der Waals surface area contributed by atoms with Crippen molar-refractivity contribution in [2.75, 3.05) is 0 Å². The molecule has 1 N–H and O–H groups in total. The lowest BCUT2D eigenvalue weighted by molar-refractivity contribution is 0.490. The number of rotatable bonds is 3. The molecule has 0 bridgehead atoms. The van der Waals surface area contributed by atoms with E-state index in [1.807, 2.05) is 13.8 Å². The first-order valence-corrected chi connectivity index (χ1v) is 5.65. The van der Waals surface area contributed by atoms with Gasteiger partial charge in [-0.3, -0.25) is 5.32 Å². The molecule has 0 spiro atoms. The van der Waals surface area contributed by atoms with Crippen LogP contribution in [0.5, 0.6) is 0 Å². The van der Waals surface area contributed by atoms with Crippen LogP contribution in [-0.4, -0.2) is 5.54 Å². The largest absolute Gasteiger partial charge is 0.297 e. The minimum atomic E-state index is -0.245. The number of hydrogen-bond acceptors (Lipinski definition) is 1. The second-order valence-electron chi connectivity index (χ2n) is 4.99. The van der Waals surface area contributed by atoms with Crippen molar-refractivity contribution >= 4 is 0 Å². The first kappa shape index (κ1) is 12.8. The molecule has 0 atom stereocenters. The molecule has 1 heteroatoms. The SMILES string of the molecule is C#CC(C)(C)NCc1cc(C)c(C)cc1C. The minimum Gasteiger partial charge on any atom is -0.297 e. The summed E-state index contributed by atoms with van der Waals surface area (Å²) in [5.74, 6) is 2.75. The summed E-state index contributed by atoms with van der Waals surface area (Å²) in [6, 6.07) is 4.47. The molecule has 1 rings (SSSR count). The highest BCUT2D eigenvalue weighted by Gasteiger charge is 2.13. The average Bonchev–Trinajstić information content (AvgIpc) is 2.22. The van der Waals surface area contributed by atoms with Crippen LogP contribution in [0, 0.1) is 33.1 Å². The summed E-state index contributed by atoms with van der Waals surface area (Å²) in [7, 11) is 0. The van der Waals surface area contributed by atoms with E-state index in [1.54, 1.807) is 0 Å². The Bertz CT molecular complexity index is 422.